The van der Waals surface area contributed by atoms with E-state index < -0.39 is 0 Å². The molecule has 1 N–H and O–H groups in total. The number of hydrogen-bond acceptors (Lipinski definition) is 2. The second-order valence-electron chi connectivity index (χ2n) is 4.27. The Morgan fingerprint density at radius 2 is 2.00 bits per heavy atom. The molecule has 1 amide bonds. The molecule has 0 heterocycles. The van der Waals surface area contributed by atoms with Crippen molar-refractivity contribution in [2.45, 2.75) is 13.8 Å². The van der Waals surface area contributed by atoms with Gasteiger partial charge < -0.3 is 4.48 Å². The maximum atomic E-state index is 11.3. The zero-order valence-corrected chi connectivity index (χ0v) is 9.66. The van der Waals surface area contributed by atoms with Gasteiger partial charge in [0.15, 0.2) is 6.54 Å². The summed E-state index contributed by atoms with van der Waals surface area (Å²) < 4.78 is 0.601. The van der Waals surface area contributed by atoms with Gasteiger partial charge in [0.25, 0.3) is 5.91 Å². The van der Waals surface area contributed by atoms with Crippen molar-refractivity contribution in [3.63, 3.8) is 0 Å². The van der Waals surface area contributed by atoms with Gasteiger partial charge >= 0.3 is 0 Å². The molecule has 0 aliphatic rings. The highest BCUT2D eigenvalue weighted by atomic mass is 16.2. The quantitative estimate of drug-likeness (QED) is 0.404. The van der Waals surface area contributed by atoms with E-state index in [1.807, 2.05) is 41.1 Å². The number of likely N-dealkylation sites (N-methyl/N-ethyl adjacent to an activating group) is 1. The molecule has 0 aliphatic heterocycles. The molecule has 0 radical (unpaired) electrons. The summed E-state index contributed by atoms with van der Waals surface area (Å²) in [6.07, 6.45) is 3.56. The lowest BCUT2D eigenvalue weighted by Crippen LogP contribution is -2.43. The Morgan fingerprint density at radius 1 is 1.43 bits per heavy atom. The van der Waals surface area contributed by atoms with E-state index in [-0.39, 0.29) is 5.91 Å². The minimum absolute atomic E-state index is 0.0716. The van der Waals surface area contributed by atoms with Crippen molar-refractivity contribution in [1.82, 2.24) is 5.43 Å². The van der Waals surface area contributed by atoms with E-state index in [0.29, 0.717) is 11.0 Å². The van der Waals surface area contributed by atoms with Gasteiger partial charge in [-0.15, -0.1) is 0 Å². The van der Waals surface area contributed by atoms with Crippen LogP contribution in [0.5, 0.6) is 0 Å². The Balaban J connectivity index is 3.92. The summed E-state index contributed by atoms with van der Waals surface area (Å²) in [6, 6.07) is 0. The van der Waals surface area contributed by atoms with Crippen LogP contribution in [0.1, 0.15) is 13.8 Å². The first-order valence-corrected chi connectivity index (χ1v) is 4.60. The van der Waals surface area contributed by atoms with Gasteiger partial charge in [-0.2, -0.15) is 5.10 Å². The SMILES string of the molecule is CC=C(C)C=NNC(=O)C[N+](C)(C)C. The van der Waals surface area contributed by atoms with Crippen molar-refractivity contribution in [3.8, 4) is 0 Å². The second kappa shape index (κ2) is 5.54. The zero-order chi connectivity index (χ0) is 11.2. The Labute approximate surface area is 85.9 Å². The third kappa shape index (κ3) is 7.49. The highest BCUT2D eigenvalue weighted by Crippen LogP contribution is 1.88. The van der Waals surface area contributed by atoms with E-state index in [2.05, 4.69) is 10.5 Å². The lowest BCUT2D eigenvalue weighted by Gasteiger charge is -2.21. The fraction of sp³-hybridized carbons (Fsp3) is 0.600. The van der Waals surface area contributed by atoms with Crippen LogP contribution in [0.25, 0.3) is 0 Å². The predicted molar refractivity (Wildman–Crippen MR) is 59.0 cm³/mol. The van der Waals surface area contributed by atoms with Crippen LogP contribution in [-0.4, -0.2) is 44.3 Å². The Morgan fingerprint density at radius 3 is 2.43 bits per heavy atom. The summed E-state index contributed by atoms with van der Waals surface area (Å²) in [6.45, 7) is 4.27. The van der Waals surface area contributed by atoms with E-state index >= 15 is 0 Å². The molecule has 0 unspecified atom stereocenters. The van der Waals surface area contributed by atoms with Gasteiger partial charge in [-0.25, -0.2) is 5.43 Å². The summed E-state index contributed by atoms with van der Waals surface area (Å²) >= 11 is 0. The lowest BCUT2D eigenvalue weighted by molar-refractivity contribution is -0.862. The van der Waals surface area contributed by atoms with Gasteiger partial charge in [0.05, 0.1) is 21.1 Å². The number of allylic oxidation sites excluding steroid dienone is 2. The van der Waals surface area contributed by atoms with Crippen LogP contribution < -0.4 is 5.43 Å². The van der Waals surface area contributed by atoms with E-state index in [1.54, 1.807) is 6.21 Å². The number of carbonyl (C=O) groups excluding carboxylic acids is 1. The highest BCUT2D eigenvalue weighted by Gasteiger charge is 2.12. The number of nitrogens with zero attached hydrogens (tertiary/aromatic N) is 2. The molecule has 0 saturated heterocycles. The summed E-state index contributed by atoms with van der Waals surface area (Å²) in [7, 11) is 5.88. The molecule has 4 heteroatoms. The van der Waals surface area contributed by atoms with Gasteiger partial charge in [0.1, 0.15) is 0 Å². The van der Waals surface area contributed by atoms with Gasteiger partial charge in [0.2, 0.25) is 0 Å². The first kappa shape index (κ1) is 12.8. The van der Waals surface area contributed by atoms with Crippen LogP contribution >= 0.6 is 0 Å². The molecule has 4 nitrogen and oxygen atoms in total. The van der Waals surface area contributed by atoms with E-state index in [4.69, 9.17) is 0 Å². The molecular formula is C10H20N3O+. The topological polar surface area (TPSA) is 41.5 Å². The van der Waals surface area contributed by atoms with E-state index in [9.17, 15) is 4.79 Å². The molecule has 0 rings (SSSR count). The monoisotopic (exact) mass is 198 g/mol. The molecule has 0 aromatic heterocycles. The summed E-state index contributed by atoms with van der Waals surface area (Å²) in [4.78, 5) is 11.3. The zero-order valence-electron chi connectivity index (χ0n) is 9.66. The lowest BCUT2D eigenvalue weighted by atomic mass is 10.3. The number of carbonyl (C=O) groups is 1. The van der Waals surface area contributed by atoms with Crippen LogP contribution in [0.15, 0.2) is 16.8 Å². The standard InChI is InChI=1S/C10H19N3O/c1-6-9(2)7-11-12-10(14)8-13(3,4)5/h6-7H,8H2,1-5H3/p+1. The molecule has 0 aromatic carbocycles. The van der Waals surface area contributed by atoms with Crippen molar-refractivity contribution in [2.75, 3.05) is 27.7 Å². The number of amides is 1. The molecule has 0 saturated carbocycles. The molecule has 14 heavy (non-hydrogen) atoms. The molecule has 0 spiro atoms. The van der Waals surface area contributed by atoms with Gasteiger partial charge in [-0.3, -0.25) is 4.79 Å². The van der Waals surface area contributed by atoms with Crippen molar-refractivity contribution >= 4 is 12.1 Å². The van der Waals surface area contributed by atoms with Crippen LogP contribution in [0.2, 0.25) is 0 Å². The highest BCUT2D eigenvalue weighted by molar-refractivity contribution is 5.81. The normalized spacial score (nSPS) is 13.4. The largest absolute Gasteiger partial charge is 0.323 e. The van der Waals surface area contributed by atoms with Crippen molar-refractivity contribution in [1.29, 1.82) is 0 Å². The molecule has 0 aliphatic carbocycles. The average molecular weight is 198 g/mol. The molecule has 0 atom stereocenters. The predicted octanol–water partition coefficient (Wildman–Crippen LogP) is 0.761. The molecule has 80 valence electrons. The fourth-order valence-corrected chi connectivity index (χ4v) is 0.747. The fourth-order valence-electron chi connectivity index (χ4n) is 0.747. The molecule has 0 aromatic rings. The Kier molecular flexibility index (Phi) is 5.09. The van der Waals surface area contributed by atoms with E-state index in [0.717, 1.165) is 5.57 Å². The maximum absolute atomic E-state index is 11.3. The molecule has 0 bridgehead atoms. The summed E-state index contributed by atoms with van der Waals surface area (Å²) in [5, 5.41) is 3.82. The number of nitrogens with one attached hydrogen (secondary N) is 1. The van der Waals surface area contributed by atoms with Gasteiger partial charge in [-0.05, 0) is 19.4 Å². The summed E-state index contributed by atoms with van der Waals surface area (Å²) in [5.74, 6) is -0.0716. The van der Waals surface area contributed by atoms with Crippen molar-refractivity contribution < 1.29 is 9.28 Å². The summed E-state index contributed by atoms with van der Waals surface area (Å²) in [5.41, 5.74) is 3.50. The number of rotatable bonds is 4. The van der Waals surface area contributed by atoms with E-state index in [1.165, 1.54) is 0 Å². The van der Waals surface area contributed by atoms with Gasteiger partial charge in [-0.1, -0.05) is 6.08 Å². The third-order valence-corrected chi connectivity index (χ3v) is 1.53. The molecule has 0 fully saturated rings. The molecular weight excluding hydrogens is 178 g/mol. The first-order chi connectivity index (χ1) is 6.35. The minimum atomic E-state index is -0.0716. The second-order valence-corrected chi connectivity index (χ2v) is 4.27. The van der Waals surface area contributed by atoms with Crippen molar-refractivity contribution in [2.24, 2.45) is 5.10 Å². The van der Waals surface area contributed by atoms with Crippen molar-refractivity contribution in [3.05, 3.63) is 11.6 Å². The number of hydrazone groups is 1. The Bertz CT molecular complexity index is 249. The van der Waals surface area contributed by atoms with Crippen LogP contribution in [0.4, 0.5) is 0 Å². The smallest absolute Gasteiger partial charge is 0.295 e. The minimum Gasteiger partial charge on any atom is -0.323 e. The number of hydrogen-bond donors (Lipinski definition) is 1. The Hall–Kier alpha value is -1.16. The average Bonchev–Trinajstić information content (AvgIpc) is 2.00. The van der Waals surface area contributed by atoms with Crippen LogP contribution in [0, 0.1) is 0 Å². The number of quaternary nitrogens is 1. The maximum Gasteiger partial charge on any atom is 0.295 e. The first-order valence-electron chi connectivity index (χ1n) is 4.60. The van der Waals surface area contributed by atoms with Crippen LogP contribution in [0.3, 0.4) is 0 Å². The van der Waals surface area contributed by atoms with Gasteiger partial charge in [0, 0.05) is 6.21 Å². The third-order valence-electron chi connectivity index (χ3n) is 1.53. The van der Waals surface area contributed by atoms with Crippen LogP contribution in [-0.2, 0) is 4.79 Å².